The molecule has 0 aliphatic rings. The maximum Gasteiger partial charge on any atom is 0.330 e. The summed E-state index contributed by atoms with van der Waals surface area (Å²) in [5.41, 5.74) is 0.263. The second-order valence-corrected chi connectivity index (χ2v) is 5.12. The highest BCUT2D eigenvalue weighted by molar-refractivity contribution is 5.84. The molecule has 0 aromatic heterocycles. The highest BCUT2D eigenvalue weighted by Gasteiger charge is 2.28. The lowest BCUT2D eigenvalue weighted by atomic mass is 9.90. The van der Waals surface area contributed by atoms with Crippen molar-refractivity contribution in [3.63, 3.8) is 0 Å². The van der Waals surface area contributed by atoms with Gasteiger partial charge in [0.1, 0.15) is 0 Å². The molecule has 1 rings (SSSR count). The number of rotatable bonds is 7. The van der Waals surface area contributed by atoms with Crippen molar-refractivity contribution in [2.45, 2.75) is 51.6 Å². The van der Waals surface area contributed by atoms with Crippen LogP contribution in [0.1, 0.15) is 51.6 Å². The zero-order valence-corrected chi connectivity index (χ0v) is 12.8. The molecule has 5 nitrogen and oxygen atoms in total. The number of urea groups is 1. The zero-order valence-electron chi connectivity index (χ0n) is 12.8. The molecule has 0 saturated heterocycles. The van der Waals surface area contributed by atoms with Gasteiger partial charge in [0.25, 0.3) is 0 Å². The van der Waals surface area contributed by atoms with Gasteiger partial charge < -0.3 is 15.7 Å². The average molecular weight is 292 g/mol. The van der Waals surface area contributed by atoms with Crippen LogP contribution in [0.5, 0.6) is 0 Å². The van der Waals surface area contributed by atoms with E-state index < -0.39 is 18.0 Å². The summed E-state index contributed by atoms with van der Waals surface area (Å²) >= 11 is 0. The molecule has 0 bridgehead atoms. The van der Waals surface area contributed by atoms with E-state index >= 15 is 0 Å². The number of carbonyl (C=O) groups is 2. The molecule has 3 N–H and O–H groups in total. The Morgan fingerprint density at radius 1 is 1.10 bits per heavy atom. The molecular formula is C16H24N2O3. The zero-order chi connectivity index (χ0) is 15.9. The Balaban J connectivity index is 2.81. The van der Waals surface area contributed by atoms with Crippen molar-refractivity contribution >= 4 is 12.0 Å². The predicted octanol–water partition coefficient (Wildman–Crippen LogP) is 3.08. The first-order valence-electron chi connectivity index (χ1n) is 7.34. The monoisotopic (exact) mass is 292 g/mol. The van der Waals surface area contributed by atoms with E-state index in [4.69, 9.17) is 0 Å². The van der Waals surface area contributed by atoms with Crippen LogP contribution in [0, 0.1) is 0 Å². The van der Waals surface area contributed by atoms with Crippen molar-refractivity contribution in [1.29, 1.82) is 0 Å². The smallest absolute Gasteiger partial charge is 0.330 e. The van der Waals surface area contributed by atoms with Gasteiger partial charge in [0, 0.05) is 5.54 Å². The number of nitrogens with one attached hydrogen (secondary N) is 2. The van der Waals surface area contributed by atoms with Crippen LogP contribution in [-0.4, -0.2) is 22.6 Å². The third kappa shape index (κ3) is 4.48. The Bertz CT molecular complexity index is 461. The number of amides is 2. The van der Waals surface area contributed by atoms with Crippen LogP contribution in [0.3, 0.4) is 0 Å². The van der Waals surface area contributed by atoms with Gasteiger partial charge in [-0.2, -0.15) is 0 Å². The number of carbonyl (C=O) groups excluding carboxylic acids is 1. The summed E-state index contributed by atoms with van der Waals surface area (Å²) in [6.07, 6.45) is 2.41. The summed E-state index contributed by atoms with van der Waals surface area (Å²) in [5.74, 6) is -1.08. The van der Waals surface area contributed by atoms with Crippen LogP contribution in [0.25, 0.3) is 0 Å². The van der Waals surface area contributed by atoms with Gasteiger partial charge in [-0.3, -0.25) is 0 Å². The van der Waals surface area contributed by atoms with E-state index in [0.29, 0.717) is 5.56 Å². The molecule has 0 spiro atoms. The van der Waals surface area contributed by atoms with E-state index in [1.807, 2.05) is 20.8 Å². The molecule has 1 atom stereocenters. The predicted molar refractivity (Wildman–Crippen MR) is 82.1 cm³/mol. The summed E-state index contributed by atoms with van der Waals surface area (Å²) < 4.78 is 0. The van der Waals surface area contributed by atoms with Gasteiger partial charge in [-0.25, -0.2) is 9.59 Å². The third-order valence-electron chi connectivity index (χ3n) is 4.06. The lowest BCUT2D eigenvalue weighted by Crippen LogP contribution is -2.52. The van der Waals surface area contributed by atoms with Gasteiger partial charge in [0.2, 0.25) is 0 Å². The molecule has 1 aromatic carbocycles. The molecule has 2 amide bonds. The molecular weight excluding hydrogens is 268 g/mol. The Kier molecular flexibility index (Phi) is 6.21. The normalized spacial score (nSPS) is 12.5. The maximum absolute atomic E-state index is 12.1. The third-order valence-corrected chi connectivity index (χ3v) is 4.06. The van der Waals surface area contributed by atoms with Gasteiger partial charge in [-0.05, 0) is 24.8 Å². The Labute approximate surface area is 125 Å². The molecule has 0 unspecified atom stereocenters. The van der Waals surface area contributed by atoms with Crippen LogP contribution in [-0.2, 0) is 4.79 Å². The summed E-state index contributed by atoms with van der Waals surface area (Å²) in [4.78, 5) is 23.5. The van der Waals surface area contributed by atoms with Crippen molar-refractivity contribution in [2.24, 2.45) is 0 Å². The van der Waals surface area contributed by atoms with Gasteiger partial charge in [-0.15, -0.1) is 0 Å². The second-order valence-electron chi connectivity index (χ2n) is 5.12. The van der Waals surface area contributed by atoms with Crippen LogP contribution in [0.4, 0.5) is 4.79 Å². The minimum absolute atomic E-state index is 0.288. The maximum atomic E-state index is 12.1. The van der Waals surface area contributed by atoms with E-state index in [1.54, 1.807) is 30.3 Å². The van der Waals surface area contributed by atoms with Gasteiger partial charge >= 0.3 is 12.0 Å². The molecule has 21 heavy (non-hydrogen) atoms. The van der Waals surface area contributed by atoms with E-state index in [0.717, 1.165) is 19.3 Å². The first kappa shape index (κ1) is 17.0. The largest absolute Gasteiger partial charge is 0.479 e. The standard InChI is InChI=1S/C16H24N2O3/c1-4-16(5-2,6-3)18-15(21)17-13(14(19)20)12-10-8-7-9-11-12/h7-11,13H,4-6H2,1-3H3,(H,19,20)(H2,17,18,21)/t13-/m1/s1. The Hall–Kier alpha value is -2.04. The van der Waals surface area contributed by atoms with Crippen molar-refractivity contribution in [3.05, 3.63) is 35.9 Å². The summed E-state index contributed by atoms with van der Waals surface area (Å²) in [5, 5.41) is 14.8. The SMILES string of the molecule is CCC(CC)(CC)NC(=O)N[C@@H](C(=O)O)c1ccccc1. The van der Waals surface area contributed by atoms with Crippen molar-refractivity contribution < 1.29 is 14.7 Å². The van der Waals surface area contributed by atoms with Crippen LogP contribution >= 0.6 is 0 Å². The lowest BCUT2D eigenvalue weighted by Gasteiger charge is -2.32. The fourth-order valence-corrected chi connectivity index (χ4v) is 2.36. The second kappa shape index (κ2) is 7.67. The number of hydrogen-bond acceptors (Lipinski definition) is 2. The number of carboxylic acid groups (broad SMARTS) is 1. The Morgan fingerprint density at radius 2 is 1.62 bits per heavy atom. The van der Waals surface area contributed by atoms with Crippen molar-refractivity contribution in [1.82, 2.24) is 10.6 Å². The molecule has 116 valence electrons. The number of hydrogen-bond donors (Lipinski definition) is 3. The van der Waals surface area contributed by atoms with E-state index in [9.17, 15) is 14.7 Å². The topological polar surface area (TPSA) is 78.4 Å². The van der Waals surface area contributed by atoms with E-state index in [2.05, 4.69) is 10.6 Å². The first-order chi connectivity index (χ1) is 9.98. The minimum atomic E-state index is -1.08. The summed E-state index contributed by atoms with van der Waals surface area (Å²) in [6, 6.07) is 7.18. The van der Waals surface area contributed by atoms with E-state index in [-0.39, 0.29) is 5.54 Å². The van der Waals surface area contributed by atoms with Crippen LogP contribution < -0.4 is 10.6 Å². The molecule has 0 fully saturated rings. The van der Waals surface area contributed by atoms with Crippen molar-refractivity contribution in [3.8, 4) is 0 Å². The minimum Gasteiger partial charge on any atom is -0.479 e. The fraction of sp³-hybridized carbons (Fsp3) is 0.500. The summed E-state index contributed by atoms with van der Waals surface area (Å²) in [7, 11) is 0. The number of aliphatic carboxylic acids is 1. The first-order valence-corrected chi connectivity index (χ1v) is 7.34. The van der Waals surface area contributed by atoms with Gasteiger partial charge in [0.05, 0.1) is 0 Å². The fourth-order valence-electron chi connectivity index (χ4n) is 2.36. The molecule has 0 radical (unpaired) electrons. The lowest BCUT2D eigenvalue weighted by molar-refractivity contribution is -0.139. The molecule has 0 heterocycles. The molecule has 0 aliphatic carbocycles. The summed E-state index contributed by atoms with van der Waals surface area (Å²) in [6.45, 7) is 6.04. The van der Waals surface area contributed by atoms with E-state index in [1.165, 1.54) is 0 Å². The number of carboxylic acids is 1. The molecule has 1 aromatic rings. The van der Waals surface area contributed by atoms with Gasteiger partial charge in [-0.1, -0.05) is 51.1 Å². The molecule has 0 aliphatic heterocycles. The van der Waals surface area contributed by atoms with Crippen LogP contribution in [0.2, 0.25) is 0 Å². The van der Waals surface area contributed by atoms with Crippen molar-refractivity contribution in [2.75, 3.05) is 0 Å². The highest BCUT2D eigenvalue weighted by atomic mass is 16.4. The Morgan fingerprint density at radius 3 is 2.05 bits per heavy atom. The van der Waals surface area contributed by atoms with Gasteiger partial charge in [0.15, 0.2) is 6.04 Å². The van der Waals surface area contributed by atoms with Crippen LogP contribution in [0.15, 0.2) is 30.3 Å². The molecule has 0 saturated carbocycles. The quantitative estimate of drug-likeness (QED) is 0.722. The highest BCUT2D eigenvalue weighted by Crippen LogP contribution is 2.19. The number of benzene rings is 1. The molecule has 5 heteroatoms. The average Bonchev–Trinajstić information content (AvgIpc) is 2.51.